The van der Waals surface area contributed by atoms with Crippen LogP contribution in [0.15, 0.2) is 66.0 Å². The van der Waals surface area contributed by atoms with Crippen molar-refractivity contribution in [3.63, 3.8) is 0 Å². The Morgan fingerprint density at radius 3 is 2.90 bits per heavy atom. The highest BCUT2D eigenvalue weighted by atomic mass is 35.5. The minimum Gasteiger partial charge on any atom is -0.488 e. The number of hydrogen-bond acceptors (Lipinski definition) is 4. The van der Waals surface area contributed by atoms with Gasteiger partial charge < -0.3 is 10.1 Å². The lowest BCUT2D eigenvalue weighted by Crippen LogP contribution is -2.33. The van der Waals surface area contributed by atoms with E-state index in [4.69, 9.17) is 21.3 Å². The molecule has 148 valence electrons. The number of halogens is 1. The van der Waals surface area contributed by atoms with Gasteiger partial charge in [0.25, 0.3) is 0 Å². The molecule has 4 heterocycles. The van der Waals surface area contributed by atoms with Crippen LogP contribution >= 0.6 is 11.6 Å². The highest BCUT2D eigenvalue weighted by molar-refractivity contribution is 6.30. The molecule has 3 aliphatic rings. The van der Waals surface area contributed by atoms with Gasteiger partial charge in [-0.2, -0.15) is 0 Å². The lowest BCUT2D eigenvalue weighted by Gasteiger charge is -2.30. The summed E-state index contributed by atoms with van der Waals surface area (Å²) in [4.78, 5) is 7.30. The second-order valence-corrected chi connectivity index (χ2v) is 8.15. The summed E-state index contributed by atoms with van der Waals surface area (Å²) in [6.07, 6.45) is 10.5. The number of benzene rings is 1. The molecule has 2 aromatic rings. The summed E-state index contributed by atoms with van der Waals surface area (Å²) in [6, 6.07) is 10.1. The van der Waals surface area contributed by atoms with Crippen molar-refractivity contribution < 1.29 is 4.74 Å². The topological polar surface area (TPSA) is 37.4 Å². The van der Waals surface area contributed by atoms with Crippen molar-refractivity contribution in [2.24, 2.45) is 0 Å². The highest BCUT2D eigenvalue weighted by Crippen LogP contribution is 2.41. The fourth-order valence-electron chi connectivity index (χ4n) is 4.34. The van der Waals surface area contributed by atoms with Gasteiger partial charge in [-0.05, 0) is 55.0 Å². The zero-order chi connectivity index (χ0) is 19.6. The number of pyridine rings is 1. The quantitative estimate of drug-likeness (QED) is 0.794. The SMILES string of the molecule is Clc1ccc2c(c1)OCc1cccnc1C2=C1CCN(CC2=CCNC=C2)CC1. The summed E-state index contributed by atoms with van der Waals surface area (Å²) < 4.78 is 6.11. The molecule has 4 nitrogen and oxygen atoms in total. The van der Waals surface area contributed by atoms with Crippen molar-refractivity contribution in [3.05, 3.63) is 87.9 Å². The summed E-state index contributed by atoms with van der Waals surface area (Å²) in [7, 11) is 0. The van der Waals surface area contributed by atoms with Crippen molar-refractivity contribution in [1.82, 2.24) is 15.2 Å². The molecule has 0 saturated carbocycles. The van der Waals surface area contributed by atoms with Gasteiger partial charge in [-0.1, -0.05) is 29.3 Å². The minimum absolute atomic E-state index is 0.522. The number of dihydropyridines is 1. The molecule has 0 aliphatic carbocycles. The fourth-order valence-corrected chi connectivity index (χ4v) is 4.50. The third kappa shape index (κ3) is 3.83. The normalized spacial score (nSPS) is 18.9. The molecule has 5 rings (SSSR count). The van der Waals surface area contributed by atoms with Crippen LogP contribution in [-0.2, 0) is 6.61 Å². The Morgan fingerprint density at radius 2 is 2.07 bits per heavy atom. The standard InChI is InChI=1S/C24H24ClN3O/c25-20-3-4-21-22(14-20)29-16-19-2-1-9-27-24(19)23(21)18-7-12-28(13-8-18)15-17-5-10-26-11-6-17/h1-6,9-10,14,26H,7-8,11-13,15-16H2. The Bertz CT molecular complexity index is 1010. The van der Waals surface area contributed by atoms with Crippen LogP contribution in [0.3, 0.4) is 0 Å². The Labute approximate surface area is 176 Å². The number of nitrogens with zero attached hydrogens (tertiary/aromatic N) is 2. The van der Waals surface area contributed by atoms with E-state index in [-0.39, 0.29) is 0 Å². The molecule has 3 aliphatic heterocycles. The van der Waals surface area contributed by atoms with Crippen molar-refractivity contribution in [2.75, 3.05) is 26.2 Å². The number of likely N-dealkylation sites (tertiary alicyclic amines) is 1. The van der Waals surface area contributed by atoms with E-state index < -0.39 is 0 Å². The number of ether oxygens (including phenoxy) is 1. The van der Waals surface area contributed by atoms with E-state index in [0.717, 1.165) is 61.6 Å². The Balaban J connectivity index is 1.47. The van der Waals surface area contributed by atoms with E-state index in [1.54, 1.807) is 0 Å². The summed E-state index contributed by atoms with van der Waals surface area (Å²) in [5.74, 6) is 0.852. The summed E-state index contributed by atoms with van der Waals surface area (Å²) in [6.45, 7) is 4.59. The zero-order valence-electron chi connectivity index (χ0n) is 16.3. The molecular weight excluding hydrogens is 382 g/mol. The third-order valence-electron chi connectivity index (χ3n) is 5.84. The number of piperidine rings is 1. The molecule has 1 aromatic heterocycles. The van der Waals surface area contributed by atoms with Crippen LogP contribution in [0, 0.1) is 0 Å². The maximum Gasteiger partial charge on any atom is 0.129 e. The number of hydrogen-bond donors (Lipinski definition) is 1. The van der Waals surface area contributed by atoms with Gasteiger partial charge in [0, 0.05) is 54.1 Å². The number of fused-ring (bicyclic) bond motifs is 2. The molecule has 1 N–H and O–H groups in total. The first-order valence-electron chi connectivity index (χ1n) is 10.2. The molecule has 0 bridgehead atoms. The largest absolute Gasteiger partial charge is 0.488 e. The monoisotopic (exact) mass is 405 g/mol. The lowest BCUT2D eigenvalue weighted by molar-refractivity contribution is 0.279. The second kappa shape index (κ2) is 8.05. The van der Waals surface area contributed by atoms with Crippen LogP contribution in [0.4, 0.5) is 0 Å². The van der Waals surface area contributed by atoms with Gasteiger partial charge in [-0.25, -0.2) is 0 Å². The Kier molecular flexibility index (Phi) is 5.13. The maximum absolute atomic E-state index is 6.25. The first-order valence-corrected chi connectivity index (χ1v) is 10.6. The van der Waals surface area contributed by atoms with E-state index in [9.17, 15) is 0 Å². The summed E-state index contributed by atoms with van der Waals surface area (Å²) in [5.41, 5.74) is 7.40. The third-order valence-corrected chi connectivity index (χ3v) is 6.08. The lowest BCUT2D eigenvalue weighted by atomic mass is 9.89. The molecule has 1 fully saturated rings. The van der Waals surface area contributed by atoms with Crippen molar-refractivity contribution in [1.29, 1.82) is 0 Å². The molecule has 0 radical (unpaired) electrons. The van der Waals surface area contributed by atoms with E-state index in [0.29, 0.717) is 11.6 Å². The number of rotatable bonds is 2. The minimum atomic E-state index is 0.522. The van der Waals surface area contributed by atoms with Crippen LogP contribution in [-0.4, -0.2) is 36.1 Å². The molecule has 29 heavy (non-hydrogen) atoms. The average Bonchev–Trinajstić information content (AvgIpc) is 2.92. The smallest absolute Gasteiger partial charge is 0.129 e. The molecular formula is C24H24ClN3O. The van der Waals surface area contributed by atoms with Crippen LogP contribution in [0.5, 0.6) is 5.75 Å². The van der Waals surface area contributed by atoms with Crippen LogP contribution in [0.25, 0.3) is 5.57 Å². The summed E-state index contributed by atoms with van der Waals surface area (Å²) in [5, 5.41) is 3.92. The first-order chi connectivity index (χ1) is 14.3. The van der Waals surface area contributed by atoms with E-state index in [1.165, 1.54) is 16.7 Å². The van der Waals surface area contributed by atoms with Gasteiger partial charge in [0.15, 0.2) is 0 Å². The van der Waals surface area contributed by atoms with E-state index in [2.05, 4.69) is 34.5 Å². The molecule has 0 amide bonds. The predicted molar refractivity (Wildman–Crippen MR) is 117 cm³/mol. The number of nitrogens with one attached hydrogen (secondary N) is 1. The van der Waals surface area contributed by atoms with Gasteiger partial charge in [0.05, 0.1) is 5.69 Å². The second-order valence-electron chi connectivity index (χ2n) is 7.72. The van der Waals surface area contributed by atoms with Crippen LogP contribution in [0.1, 0.15) is 29.7 Å². The maximum atomic E-state index is 6.25. The highest BCUT2D eigenvalue weighted by Gasteiger charge is 2.26. The van der Waals surface area contributed by atoms with Crippen LogP contribution in [0.2, 0.25) is 5.02 Å². The van der Waals surface area contributed by atoms with Crippen molar-refractivity contribution in [2.45, 2.75) is 19.4 Å². The van der Waals surface area contributed by atoms with Gasteiger partial charge in [-0.15, -0.1) is 0 Å². The fraction of sp³-hybridized carbons (Fsp3) is 0.292. The molecule has 0 unspecified atom stereocenters. The van der Waals surface area contributed by atoms with E-state index in [1.807, 2.05) is 30.6 Å². The van der Waals surface area contributed by atoms with Gasteiger partial charge >= 0.3 is 0 Å². The van der Waals surface area contributed by atoms with Crippen LogP contribution < -0.4 is 10.1 Å². The summed E-state index contributed by atoms with van der Waals surface area (Å²) >= 11 is 6.25. The van der Waals surface area contributed by atoms with Gasteiger partial charge in [0.1, 0.15) is 12.4 Å². The predicted octanol–water partition coefficient (Wildman–Crippen LogP) is 4.57. The first kappa shape index (κ1) is 18.5. The Hall–Kier alpha value is -2.56. The molecule has 5 heteroatoms. The van der Waals surface area contributed by atoms with E-state index >= 15 is 0 Å². The molecule has 1 aromatic carbocycles. The van der Waals surface area contributed by atoms with Gasteiger partial charge in [0.2, 0.25) is 0 Å². The van der Waals surface area contributed by atoms with Crippen molar-refractivity contribution in [3.8, 4) is 5.75 Å². The zero-order valence-corrected chi connectivity index (χ0v) is 17.1. The number of aromatic nitrogens is 1. The molecule has 0 spiro atoms. The Morgan fingerprint density at radius 1 is 1.17 bits per heavy atom. The average molecular weight is 406 g/mol. The van der Waals surface area contributed by atoms with Crippen molar-refractivity contribution >= 4 is 17.2 Å². The van der Waals surface area contributed by atoms with Gasteiger partial charge in [-0.3, -0.25) is 9.88 Å². The molecule has 0 atom stereocenters. The molecule has 1 saturated heterocycles.